The van der Waals surface area contributed by atoms with Crippen LogP contribution in [-0.4, -0.2) is 26.4 Å². The van der Waals surface area contributed by atoms with Crippen molar-refractivity contribution in [2.45, 2.75) is 51.7 Å². The molecule has 0 aliphatic rings. The number of aromatic nitrogens is 3. The lowest BCUT2D eigenvalue weighted by Crippen LogP contribution is -2.16. The summed E-state index contributed by atoms with van der Waals surface area (Å²) in [6, 6.07) is 12.2. The highest BCUT2D eigenvalue weighted by atomic mass is 35.5. The van der Waals surface area contributed by atoms with Gasteiger partial charge in [-0.3, -0.25) is 9.36 Å². The van der Waals surface area contributed by atoms with Crippen LogP contribution in [0.1, 0.15) is 37.5 Å². The molecule has 0 aliphatic heterocycles. The summed E-state index contributed by atoms with van der Waals surface area (Å²) in [7, 11) is 0. The smallest absolute Gasteiger partial charge is 0.234 e. The Balaban J connectivity index is 1.76. The lowest BCUT2D eigenvalue weighted by atomic mass is 9.87. The van der Waals surface area contributed by atoms with Crippen LogP contribution in [0.5, 0.6) is 0 Å². The minimum atomic E-state index is -0.145. The van der Waals surface area contributed by atoms with E-state index in [2.05, 4.69) is 67.1 Å². The third-order valence-corrected chi connectivity index (χ3v) is 6.33. The molecule has 1 heterocycles. The van der Waals surface area contributed by atoms with Crippen molar-refractivity contribution < 1.29 is 4.79 Å². The second-order valence-electron chi connectivity index (χ2n) is 8.81. The summed E-state index contributed by atoms with van der Waals surface area (Å²) in [6.07, 6.45) is 1.80. The van der Waals surface area contributed by atoms with Crippen molar-refractivity contribution in [3.05, 3.63) is 70.8 Å². The van der Waals surface area contributed by atoms with Crippen LogP contribution in [0.2, 0.25) is 5.02 Å². The van der Waals surface area contributed by atoms with Gasteiger partial charge in [0.15, 0.2) is 11.0 Å². The number of allylic oxidation sites excluding steroid dienone is 1. The summed E-state index contributed by atoms with van der Waals surface area (Å²) in [6.45, 7) is 14.9. The van der Waals surface area contributed by atoms with Gasteiger partial charge in [-0.1, -0.05) is 80.5 Å². The van der Waals surface area contributed by atoms with Crippen LogP contribution in [0.25, 0.3) is 11.4 Å². The summed E-state index contributed by atoms with van der Waals surface area (Å²) < 4.78 is 1.97. The van der Waals surface area contributed by atoms with Crippen molar-refractivity contribution in [3.63, 3.8) is 0 Å². The number of amides is 1. The molecule has 168 valence electrons. The lowest BCUT2D eigenvalue weighted by molar-refractivity contribution is -0.113. The number of halogens is 1. The minimum absolute atomic E-state index is 0.0837. The molecule has 0 radical (unpaired) electrons. The van der Waals surface area contributed by atoms with E-state index < -0.39 is 0 Å². The number of anilines is 1. The van der Waals surface area contributed by atoms with E-state index in [-0.39, 0.29) is 17.1 Å². The number of thioether (sulfide) groups is 1. The third kappa shape index (κ3) is 5.61. The second-order valence-corrected chi connectivity index (χ2v) is 10.2. The fourth-order valence-corrected chi connectivity index (χ4v) is 4.52. The predicted octanol–water partition coefficient (Wildman–Crippen LogP) is 6.43. The molecule has 0 saturated heterocycles. The van der Waals surface area contributed by atoms with Crippen molar-refractivity contribution in [1.82, 2.24) is 14.8 Å². The number of carbonyl (C=O) groups excluding carboxylic acids is 1. The Morgan fingerprint density at radius 3 is 2.47 bits per heavy atom. The van der Waals surface area contributed by atoms with E-state index in [0.717, 1.165) is 22.5 Å². The Morgan fingerprint density at radius 2 is 1.88 bits per heavy atom. The zero-order valence-corrected chi connectivity index (χ0v) is 20.8. The number of aryl methyl sites for hydroxylation is 2. The van der Waals surface area contributed by atoms with E-state index in [0.29, 0.717) is 22.4 Å². The van der Waals surface area contributed by atoms with Crippen LogP contribution < -0.4 is 5.32 Å². The average Bonchev–Trinajstić information content (AvgIpc) is 3.11. The summed E-state index contributed by atoms with van der Waals surface area (Å²) in [5.41, 5.74) is 4.96. The Labute approximate surface area is 199 Å². The Morgan fingerprint density at radius 1 is 1.19 bits per heavy atom. The van der Waals surface area contributed by atoms with Crippen LogP contribution in [-0.2, 0) is 16.8 Å². The fourth-order valence-electron chi connectivity index (χ4n) is 3.40. The fraction of sp³-hybridized carbons (Fsp3) is 0.320. The van der Waals surface area contributed by atoms with E-state index in [1.54, 1.807) is 6.08 Å². The number of hydrogen-bond acceptors (Lipinski definition) is 4. The molecule has 1 N–H and O–H groups in total. The maximum absolute atomic E-state index is 12.6. The third-order valence-electron chi connectivity index (χ3n) is 5.07. The summed E-state index contributed by atoms with van der Waals surface area (Å²) in [5, 5.41) is 12.8. The molecular weight excluding hydrogens is 440 g/mol. The first-order chi connectivity index (χ1) is 15.1. The van der Waals surface area contributed by atoms with E-state index in [9.17, 15) is 4.79 Å². The minimum Gasteiger partial charge on any atom is -0.324 e. The molecule has 1 aromatic heterocycles. The van der Waals surface area contributed by atoms with Crippen molar-refractivity contribution in [2.24, 2.45) is 0 Å². The zero-order valence-electron chi connectivity index (χ0n) is 19.2. The van der Waals surface area contributed by atoms with Gasteiger partial charge in [-0.15, -0.1) is 16.8 Å². The van der Waals surface area contributed by atoms with Crippen molar-refractivity contribution in [1.29, 1.82) is 0 Å². The molecule has 7 heteroatoms. The van der Waals surface area contributed by atoms with Gasteiger partial charge in [0.2, 0.25) is 5.91 Å². The molecule has 2 aromatic carbocycles. The van der Waals surface area contributed by atoms with Crippen LogP contribution >= 0.6 is 23.4 Å². The molecule has 5 nitrogen and oxygen atoms in total. The van der Waals surface area contributed by atoms with Gasteiger partial charge >= 0.3 is 0 Å². The van der Waals surface area contributed by atoms with Crippen molar-refractivity contribution in [3.8, 4) is 11.4 Å². The molecule has 1 amide bonds. The Bertz CT molecular complexity index is 1110. The average molecular weight is 469 g/mol. The molecule has 32 heavy (non-hydrogen) atoms. The highest BCUT2D eigenvalue weighted by molar-refractivity contribution is 7.99. The number of rotatable bonds is 7. The predicted molar refractivity (Wildman–Crippen MR) is 135 cm³/mol. The van der Waals surface area contributed by atoms with Gasteiger partial charge in [0.05, 0.1) is 16.5 Å². The molecule has 0 saturated carbocycles. The van der Waals surface area contributed by atoms with Gasteiger partial charge in [0.25, 0.3) is 0 Å². The van der Waals surface area contributed by atoms with E-state index in [4.69, 9.17) is 11.6 Å². The molecule has 0 spiro atoms. The maximum Gasteiger partial charge on any atom is 0.234 e. The monoisotopic (exact) mass is 468 g/mol. The van der Waals surface area contributed by atoms with Crippen LogP contribution in [0.15, 0.2) is 54.2 Å². The van der Waals surface area contributed by atoms with Gasteiger partial charge in [-0.2, -0.15) is 0 Å². The Kier molecular flexibility index (Phi) is 7.47. The number of carbonyl (C=O) groups is 1. The van der Waals surface area contributed by atoms with Crippen LogP contribution in [0.3, 0.4) is 0 Å². The van der Waals surface area contributed by atoms with Gasteiger partial charge in [-0.25, -0.2) is 0 Å². The second kappa shape index (κ2) is 9.92. The van der Waals surface area contributed by atoms with E-state index in [1.807, 2.05) is 30.5 Å². The summed E-state index contributed by atoms with van der Waals surface area (Å²) >= 11 is 7.65. The Hall–Kier alpha value is -2.57. The van der Waals surface area contributed by atoms with Crippen molar-refractivity contribution in [2.75, 3.05) is 11.1 Å². The zero-order chi connectivity index (χ0) is 23.5. The van der Waals surface area contributed by atoms with Gasteiger partial charge in [0, 0.05) is 12.1 Å². The van der Waals surface area contributed by atoms with E-state index >= 15 is 0 Å². The molecule has 3 aromatic rings. The SMILES string of the molecule is C=CCn1c(SCC(=O)Nc2c(C)cc(C)cc2Cl)nnc1-c1ccc(C(C)(C)C)cc1. The van der Waals surface area contributed by atoms with Crippen molar-refractivity contribution >= 4 is 35.0 Å². The first-order valence-electron chi connectivity index (χ1n) is 10.4. The molecule has 0 unspecified atom stereocenters. The normalized spacial score (nSPS) is 11.4. The highest BCUT2D eigenvalue weighted by Gasteiger charge is 2.18. The molecule has 3 rings (SSSR count). The summed E-state index contributed by atoms with van der Waals surface area (Å²) in [5.74, 6) is 0.806. The molecular formula is C25H29ClN4OS. The highest BCUT2D eigenvalue weighted by Crippen LogP contribution is 2.29. The van der Waals surface area contributed by atoms with Crippen LogP contribution in [0, 0.1) is 13.8 Å². The first-order valence-corrected chi connectivity index (χ1v) is 11.8. The first kappa shape index (κ1) is 24.1. The van der Waals surface area contributed by atoms with Gasteiger partial charge in [-0.05, 0) is 42.0 Å². The standard InChI is InChI=1S/C25H29ClN4OS/c1-7-12-30-23(18-8-10-19(11-9-18)25(4,5)6)28-29-24(30)32-15-21(31)27-22-17(3)13-16(2)14-20(22)26/h7-11,13-14H,1,12,15H2,2-6H3,(H,27,31). The van der Waals surface area contributed by atoms with E-state index in [1.165, 1.54) is 17.3 Å². The molecule has 0 fully saturated rings. The molecule has 0 atom stereocenters. The number of benzene rings is 2. The van der Waals surface area contributed by atoms with Crippen LogP contribution in [0.4, 0.5) is 5.69 Å². The maximum atomic E-state index is 12.6. The molecule has 0 bridgehead atoms. The number of nitrogens with zero attached hydrogens (tertiary/aromatic N) is 3. The summed E-state index contributed by atoms with van der Waals surface area (Å²) in [4.78, 5) is 12.6. The van der Waals surface area contributed by atoms with Gasteiger partial charge in [0.1, 0.15) is 0 Å². The topological polar surface area (TPSA) is 59.8 Å². The lowest BCUT2D eigenvalue weighted by Gasteiger charge is -2.19. The number of nitrogens with one attached hydrogen (secondary N) is 1. The number of hydrogen-bond donors (Lipinski definition) is 1. The largest absolute Gasteiger partial charge is 0.324 e. The quantitative estimate of drug-likeness (QED) is 0.320. The molecule has 0 aliphatic carbocycles. The van der Waals surface area contributed by atoms with Gasteiger partial charge < -0.3 is 5.32 Å².